The van der Waals surface area contributed by atoms with Crippen molar-refractivity contribution in [2.24, 2.45) is 0 Å². The van der Waals surface area contributed by atoms with Crippen molar-refractivity contribution in [3.8, 4) is 0 Å². The van der Waals surface area contributed by atoms with Crippen LogP contribution >= 0.6 is 0 Å². The van der Waals surface area contributed by atoms with Gasteiger partial charge in [0.25, 0.3) is 0 Å². The van der Waals surface area contributed by atoms with Crippen LogP contribution in [0.3, 0.4) is 0 Å². The van der Waals surface area contributed by atoms with Gasteiger partial charge in [-0.05, 0) is 30.9 Å². The number of nitrogens with one attached hydrogen (secondary N) is 2. The molecule has 0 saturated carbocycles. The number of anilines is 1. The predicted octanol–water partition coefficient (Wildman–Crippen LogP) is 1.35. The fourth-order valence-corrected chi connectivity index (χ4v) is 2.71. The summed E-state index contributed by atoms with van der Waals surface area (Å²) in [5.41, 5.74) is 1.65. The average Bonchev–Trinajstić information content (AvgIpc) is 3.02. The molecule has 3 N–H and O–H groups in total. The van der Waals surface area contributed by atoms with Crippen LogP contribution in [0.4, 0.5) is 10.5 Å². The third-order valence-electron chi connectivity index (χ3n) is 4.01. The Morgan fingerprint density at radius 1 is 1.36 bits per heavy atom. The van der Waals surface area contributed by atoms with Crippen LogP contribution in [0.25, 0.3) is 0 Å². The molecule has 6 heteroatoms. The second-order valence-corrected chi connectivity index (χ2v) is 5.43. The normalized spacial score (nSPS) is 17.4. The molecule has 6 nitrogen and oxygen atoms in total. The van der Waals surface area contributed by atoms with Gasteiger partial charge in [0.2, 0.25) is 5.91 Å². The van der Waals surface area contributed by atoms with Gasteiger partial charge in [0.15, 0.2) is 0 Å². The van der Waals surface area contributed by atoms with Crippen LogP contribution in [0.1, 0.15) is 24.8 Å². The number of benzene rings is 1. The van der Waals surface area contributed by atoms with Gasteiger partial charge in [0, 0.05) is 25.7 Å². The summed E-state index contributed by atoms with van der Waals surface area (Å²) in [6.07, 6.45) is 2.70. The lowest BCUT2D eigenvalue weighted by molar-refractivity contribution is -0.120. The summed E-state index contributed by atoms with van der Waals surface area (Å²) >= 11 is 0. The topological polar surface area (TPSA) is 81.7 Å². The number of rotatable bonds is 5. The molecule has 3 amide bonds. The maximum absolute atomic E-state index is 12.4. The Labute approximate surface area is 130 Å². The lowest BCUT2D eigenvalue weighted by Crippen LogP contribution is -2.40. The summed E-state index contributed by atoms with van der Waals surface area (Å²) in [5, 5.41) is 14.8. The van der Waals surface area contributed by atoms with E-state index in [1.165, 1.54) is 0 Å². The van der Waals surface area contributed by atoms with Crippen LogP contribution in [-0.4, -0.2) is 48.2 Å². The molecule has 0 radical (unpaired) electrons. The number of hydrogen-bond donors (Lipinski definition) is 3. The first kappa shape index (κ1) is 16.3. The molecule has 0 spiro atoms. The Kier molecular flexibility index (Phi) is 5.77. The van der Waals surface area contributed by atoms with E-state index in [1.807, 2.05) is 24.3 Å². The predicted molar refractivity (Wildman–Crippen MR) is 84.7 cm³/mol. The highest BCUT2D eigenvalue weighted by atomic mass is 16.3. The van der Waals surface area contributed by atoms with E-state index in [0.717, 1.165) is 24.1 Å². The van der Waals surface area contributed by atoms with Gasteiger partial charge in [0.05, 0.1) is 12.6 Å². The van der Waals surface area contributed by atoms with E-state index in [2.05, 4.69) is 10.6 Å². The highest BCUT2D eigenvalue weighted by Gasteiger charge is 2.28. The summed E-state index contributed by atoms with van der Waals surface area (Å²) < 4.78 is 0. The summed E-state index contributed by atoms with van der Waals surface area (Å²) in [6.45, 7) is 0.656. The first-order chi connectivity index (χ1) is 10.7. The van der Waals surface area contributed by atoms with Crippen molar-refractivity contribution < 1.29 is 14.7 Å². The van der Waals surface area contributed by atoms with E-state index in [1.54, 1.807) is 11.9 Å². The Morgan fingerprint density at radius 2 is 2.14 bits per heavy atom. The van der Waals surface area contributed by atoms with Crippen molar-refractivity contribution in [2.75, 3.05) is 25.5 Å². The maximum atomic E-state index is 12.4. The van der Waals surface area contributed by atoms with Crippen LogP contribution in [0.15, 0.2) is 24.3 Å². The molecule has 1 fully saturated rings. The number of amides is 3. The SMILES string of the molecule is CNC(=O)CCc1ccccc1NC(=O)N1CCC[C@@H]1CO. The Balaban J connectivity index is 2.02. The van der Waals surface area contributed by atoms with E-state index < -0.39 is 0 Å². The molecule has 0 aromatic heterocycles. The number of carbonyl (C=O) groups excluding carboxylic acids is 2. The zero-order valence-corrected chi connectivity index (χ0v) is 12.8. The monoisotopic (exact) mass is 305 g/mol. The molecule has 0 aliphatic carbocycles. The van der Waals surface area contributed by atoms with E-state index in [0.29, 0.717) is 19.4 Å². The number of para-hydroxylation sites is 1. The summed E-state index contributed by atoms with van der Waals surface area (Å²) in [4.78, 5) is 25.4. The molecule has 1 aromatic carbocycles. The number of aliphatic hydroxyl groups excluding tert-OH is 1. The lowest BCUT2D eigenvalue weighted by atomic mass is 10.1. The van der Waals surface area contributed by atoms with Crippen molar-refractivity contribution in [1.82, 2.24) is 10.2 Å². The standard InChI is InChI=1S/C16H23N3O3/c1-17-15(21)9-8-12-5-2-3-7-14(12)18-16(22)19-10-4-6-13(19)11-20/h2-3,5,7,13,20H,4,6,8-11H2,1H3,(H,17,21)(H,18,22)/t13-/m1/s1. The van der Waals surface area contributed by atoms with Gasteiger partial charge in [-0.15, -0.1) is 0 Å². The number of urea groups is 1. The zero-order valence-electron chi connectivity index (χ0n) is 12.8. The fraction of sp³-hybridized carbons (Fsp3) is 0.500. The molecule has 2 rings (SSSR count). The van der Waals surface area contributed by atoms with Gasteiger partial charge in [-0.1, -0.05) is 18.2 Å². The minimum absolute atomic E-state index is 0.00820. The van der Waals surface area contributed by atoms with E-state index in [9.17, 15) is 14.7 Å². The maximum Gasteiger partial charge on any atom is 0.322 e. The van der Waals surface area contributed by atoms with Gasteiger partial charge in [-0.2, -0.15) is 0 Å². The van der Waals surface area contributed by atoms with Crippen molar-refractivity contribution in [2.45, 2.75) is 31.7 Å². The molecule has 1 aromatic rings. The van der Waals surface area contributed by atoms with Crippen LogP contribution in [-0.2, 0) is 11.2 Å². The highest BCUT2D eigenvalue weighted by molar-refractivity contribution is 5.90. The number of nitrogens with zero attached hydrogens (tertiary/aromatic N) is 1. The third-order valence-corrected chi connectivity index (χ3v) is 4.01. The van der Waals surface area contributed by atoms with Crippen molar-refractivity contribution in [3.05, 3.63) is 29.8 Å². The van der Waals surface area contributed by atoms with Gasteiger partial charge in [0.1, 0.15) is 0 Å². The number of aryl methyl sites for hydroxylation is 1. The Hall–Kier alpha value is -2.08. The van der Waals surface area contributed by atoms with Gasteiger partial charge < -0.3 is 20.6 Å². The minimum atomic E-state index is -0.191. The molecule has 0 bridgehead atoms. The zero-order chi connectivity index (χ0) is 15.9. The number of carbonyl (C=O) groups is 2. The van der Waals surface area contributed by atoms with E-state index in [-0.39, 0.29) is 24.6 Å². The second kappa shape index (κ2) is 7.79. The largest absolute Gasteiger partial charge is 0.394 e. The fourth-order valence-electron chi connectivity index (χ4n) is 2.71. The molecule has 22 heavy (non-hydrogen) atoms. The van der Waals surface area contributed by atoms with Gasteiger partial charge in [-0.3, -0.25) is 4.79 Å². The van der Waals surface area contributed by atoms with E-state index >= 15 is 0 Å². The van der Waals surface area contributed by atoms with Crippen LogP contribution in [0.5, 0.6) is 0 Å². The Morgan fingerprint density at radius 3 is 2.86 bits per heavy atom. The highest BCUT2D eigenvalue weighted by Crippen LogP contribution is 2.21. The lowest BCUT2D eigenvalue weighted by Gasteiger charge is -2.24. The van der Waals surface area contributed by atoms with Crippen LogP contribution in [0.2, 0.25) is 0 Å². The molecule has 1 heterocycles. The first-order valence-electron chi connectivity index (χ1n) is 7.62. The molecule has 0 unspecified atom stereocenters. The number of aliphatic hydroxyl groups is 1. The third kappa shape index (κ3) is 3.98. The Bertz CT molecular complexity index is 533. The quantitative estimate of drug-likeness (QED) is 0.768. The second-order valence-electron chi connectivity index (χ2n) is 5.43. The van der Waals surface area contributed by atoms with Gasteiger partial charge >= 0.3 is 6.03 Å². The minimum Gasteiger partial charge on any atom is -0.394 e. The molecular formula is C16H23N3O3. The summed E-state index contributed by atoms with van der Waals surface area (Å²) in [5.74, 6) is -0.0268. The average molecular weight is 305 g/mol. The molecular weight excluding hydrogens is 282 g/mol. The molecule has 1 atom stereocenters. The van der Waals surface area contributed by atoms with Gasteiger partial charge in [-0.25, -0.2) is 4.79 Å². The first-order valence-corrected chi connectivity index (χ1v) is 7.62. The molecule has 120 valence electrons. The van der Waals surface area contributed by atoms with Crippen LogP contribution in [0, 0.1) is 0 Å². The number of likely N-dealkylation sites (tertiary alicyclic amines) is 1. The smallest absolute Gasteiger partial charge is 0.322 e. The van der Waals surface area contributed by atoms with Crippen molar-refractivity contribution >= 4 is 17.6 Å². The van der Waals surface area contributed by atoms with Crippen molar-refractivity contribution in [1.29, 1.82) is 0 Å². The molecule has 1 aliphatic rings. The van der Waals surface area contributed by atoms with E-state index in [4.69, 9.17) is 0 Å². The summed E-state index contributed by atoms with van der Waals surface area (Å²) in [6, 6.07) is 7.20. The molecule has 1 saturated heterocycles. The van der Waals surface area contributed by atoms with Crippen LogP contribution < -0.4 is 10.6 Å². The van der Waals surface area contributed by atoms with Crippen molar-refractivity contribution in [3.63, 3.8) is 0 Å². The number of hydrogen-bond acceptors (Lipinski definition) is 3. The summed E-state index contributed by atoms with van der Waals surface area (Å²) in [7, 11) is 1.61. The molecule has 1 aliphatic heterocycles.